The Morgan fingerprint density at radius 3 is 2.75 bits per heavy atom. The van der Waals surface area contributed by atoms with Gasteiger partial charge < -0.3 is 15.5 Å². The van der Waals surface area contributed by atoms with E-state index in [2.05, 4.69) is 29.9 Å². The number of rotatable bonds is 4. The molecule has 5 nitrogen and oxygen atoms in total. The van der Waals surface area contributed by atoms with Crippen LogP contribution in [0.15, 0.2) is 18.2 Å². The van der Waals surface area contributed by atoms with Gasteiger partial charge >= 0.3 is 6.09 Å². The van der Waals surface area contributed by atoms with Gasteiger partial charge in [-0.2, -0.15) is 0 Å². The minimum atomic E-state index is -0.875. The number of primary amides is 1. The predicted molar refractivity (Wildman–Crippen MR) is 78.3 cm³/mol. The van der Waals surface area contributed by atoms with Gasteiger partial charge in [0.25, 0.3) is 0 Å². The minimum Gasteiger partial charge on any atom is -0.436 e. The van der Waals surface area contributed by atoms with Crippen LogP contribution in [0.3, 0.4) is 0 Å². The molecule has 2 aromatic rings. The Morgan fingerprint density at radius 1 is 1.45 bits per heavy atom. The molecule has 0 aliphatic heterocycles. The van der Waals surface area contributed by atoms with Crippen molar-refractivity contribution in [3.63, 3.8) is 0 Å². The van der Waals surface area contributed by atoms with Crippen molar-refractivity contribution in [2.24, 2.45) is 11.7 Å². The highest BCUT2D eigenvalue weighted by atomic mass is 16.6. The zero-order valence-corrected chi connectivity index (χ0v) is 12.4. The van der Waals surface area contributed by atoms with Crippen molar-refractivity contribution in [3.05, 3.63) is 29.6 Å². The monoisotopic (exact) mass is 275 g/mol. The summed E-state index contributed by atoms with van der Waals surface area (Å²) in [5, 5.41) is 0. The van der Waals surface area contributed by atoms with Crippen molar-refractivity contribution < 1.29 is 9.53 Å². The van der Waals surface area contributed by atoms with E-state index in [4.69, 9.17) is 10.5 Å². The summed E-state index contributed by atoms with van der Waals surface area (Å²) in [6.45, 7) is 7.87. The third-order valence-corrected chi connectivity index (χ3v) is 3.15. The lowest BCUT2D eigenvalue weighted by Gasteiger charge is -2.21. The van der Waals surface area contributed by atoms with Gasteiger partial charge in [-0.1, -0.05) is 26.0 Å². The maximum Gasteiger partial charge on any atom is 0.405 e. The number of carbonyl (C=O) groups is 1. The highest BCUT2D eigenvalue weighted by Crippen LogP contribution is 2.26. The molecule has 1 aromatic carbocycles. The molecule has 0 bridgehead atoms. The van der Waals surface area contributed by atoms with Gasteiger partial charge in [0.2, 0.25) is 0 Å². The highest BCUT2D eigenvalue weighted by Gasteiger charge is 2.28. The number of imidazole rings is 1. The fourth-order valence-corrected chi connectivity index (χ4v) is 2.28. The van der Waals surface area contributed by atoms with Crippen LogP contribution in [0.2, 0.25) is 0 Å². The van der Waals surface area contributed by atoms with Gasteiger partial charge in [-0.3, -0.25) is 0 Å². The number of amides is 1. The van der Waals surface area contributed by atoms with Crippen molar-refractivity contribution in [2.45, 2.75) is 39.7 Å². The van der Waals surface area contributed by atoms with E-state index in [1.54, 1.807) is 13.8 Å². The number of benzene rings is 1. The number of H-pyrrole nitrogens is 1. The Hall–Kier alpha value is -2.04. The van der Waals surface area contributed by atoms with Crippen molar-refractivity contribution in [3.8, 4) is 0 Å². The Kier molecular flexibility index (Phi) is 3.70. The summed E-state index contributed by atoms with van der Waals surface area (Å²) in [7, 11) is 0. The van der Waals surface area contributed by atoms with E-state index in [1.807, 2.05) is 12.1 Å². The number of aromatic amines is 1. The lowest BCUT2D eigenvalue weighted by molar-refractivity contribution is 0.0372. The van der Waals surface area contributed by atoms with Gasteiger partial charge in [0.15, 0.2) is 11.4 Å². The molecule has 3 N–H and O–H groups in total. The highest BCUT2D eigenvalue weighted by molar-refractivity contribution is 5.79. The van der Waals surface area contributed by atoms with Crippen molar-refractivity contribution in [1.82, 2.24) is 9.97 Å². The number of hydrogen-bond acceptors (Lipinski definition) is 3. The average molecular weight is 275 g/mol. The molecule has 0 saturated carbocycles. The quantitative estimate of drug-likeness (QED) is 0.899. The SMILES string of the molecule is CC(C)Cc1cccc2[nH]c(C(C)(C)OC(N)=O)nc12. The summed E-state index contributed by atoms with van der Waals surface area (Å²) in [4.78, 5) is 18.8. The van der Waals surface area contributed by atoms with Crippen molar-refractivity contribution in [1.29, 1.82) is 0 Å². The molecule has 108 valence electrons. The molecule has 0 aliphatic rings. The topological polar surface area (TPSA) is 81.0 Å². The molecule has 1 amide bonds. The number of nitrogens with two attached hydrogens (primary N) is 1. The van der Waals surface area contributed by atoms with Gasteiger partial charge in [0.1, 0.15) is 0 Å². The second-order valence-corrected chi connectivity index (χ2v) is 5.93. The van der Waals surface area contributed by atoms with Crippen LogP contribution in [-0.4, -0.2) is 16.1 Å². The first kappa shape index (κ1) is 14.4. The Labute approximate surface area is 118 Å². The van der Waals surface area contributed by atoms with E-state index < -0.39 is 11.7 Å². The van der Waals surface area contributed by atoms with Crippen LogP contribution < -0.4 is 5.73 Å². The summed E-state index contributed by atoms with van der Waals surface area (Å²) in [5.41, 5.74) is 7.29. The number of para-hydroxylation sites is 1. The molecule has 0 spiro atoms. The van der Waals surface area contributed by atoms with E-state index in [9.17, 15) is 4.79 Å². The lowest BCUT2D eigenvalue weighted by Crippen LogP contribution is -2.29. The average Bonchev–Trinajstić information content (AvgIpc) is 2.72. The largest absolute Gasteiger partial charge is 0.436 e. The van der Waals surface area contributed by atoms with E-state index in [-0.39, 0.29) is 0 Å². The minimum absolute atomic E-state index is 0.552. The van der Waals surface area contributed by atoms with Crippen LogP contribution in [0.25, 0.3) is 11.0 Å². The summed E-state index contributed by atoms with van der Waals surface area (Å²) in [5.74, 6) is 1.15. The second kappa shape index (κ2) is 5.15. The number of nitrogens with zero attached hydrogens (tertiary/aromatic N) is 1. The van der Waals surface area contributed by atoms with E-state index >= 15 is 0 Å². The lowest BCUT2D eigenvalue weighted by atomic mass is 10.0. The smallest absolute Gasteiger partial charge is 0.405 e. The van der Waals surface area contributed by atoms with Gasteiger partial charge in [0.05, 0.1) is 11.0 Å². The predicted octanol–water partition coefficient (Wildman–Crippen LogP) is 3.09. The second-order valence-electron chi connectivity index (χ2n) is 5.93. The van der Waals surface area contributed by atoms with Crippen LogP contribution >= 0.6 is 0 Å². The van der Waals surface area contributed by atoms with Gasteiger partial charge in [-0.05, 0) is 37.8 Å². The van der Waals surface area contributed by atoms with Crippen LogP contribution in [-0.2, 0) is 16.8 Å². The molecule has 2 rings (SSSR count). The number of aromatic nitrogens is 2. The molecule has 0 saturated heterocycles. The third-order valence-electron chi connectivity index (χ3n) is 3.15. The van der Waals surface area contributed by atoms with Crippen LogP contribution in [0.1, 0.15) is 39.1 Å². The molecule has 0 atom stereocenters. The van der Waals surface area contributed by atoms with Gasteiger partial charge in [-0.15, -0.1) is 0 Å². The fraction of sp³-hybridized carbons (Fsp3) is 0.467. The summed E-state index contributed by atoms with van der Waals surface area (Å²) in [6, 6.07) is 6.05. The van der Waals surface area contributed by atoms with Crippen LogP contribution in [0, 0.1) is 5.92 Å². The molecular formula is C15H21N3O2. The van der Waals surface area contributed by atoms with E-state index in [0.29, 0.717) is 11.7 Å². The zero-order chi connectivity index (χ0) is 14.9. The Morgan fingerprint density at radius 2 is 2.15 bits per heavy atom. The number of nitrogens with one attached hydrogen (secondary N) is 1. The van der Waals surface area contributed by atoms with Crippen molar-refractivity contribution in [2.75, 3.05) is 0 Å². The Bertz CT molecular complexity index is 629. The fourth-order valence-electron chi connectivity index (χ4n) is 2.28. The third kappa shape index (κ3) is 2.92. The number of fused-ring (bicyclic) bond motifs is 1. The Balaban J connectivity index is 2.45. The zero-order valence-electron chi connectivity index (χ0n) is 12.4. The maximum absolute atomic E-state index is 11.0. The molecule has 1 aromatic heterocycles. The number of hydrogen-bond donors (Lipinski definition) is 2. The van der Waals surface area contributed by atoms with E-state index in [1.165, 1.54) is 5.56 Å². The first-order valence-electron chi connectivity index (χ1n) is 6.76. The summed E-state index contributed by atoms with van der Waals surface area (Å²) in [6.07, 6.45) is 0.150. The molecule has 20 heavy (non-hydrogen) atoms. The summed E-state index contributed by atoms with van der Waals surface area (Å²) >= 11 is 0. The molecule has 0 fully saturated rings. The molecule has 1 heterocycles. The molecular weight excluding hydrogens is 254 g/mol. The first-order chi connectivity index (χ1) is 9.29. The molecule has 0 unspecified atom stereocenters. The maximum atomic E-state index is 11.0. The van der Waals surface area contributed by atoms with Crippen LogP contribution in [0.5, 0.6) is 0 Å². The first-order valence-corrected chi connectivity index (χ1v) is 6.76. The number of ether oxygens (including phenoxy) is 1. The molecule has 5 heteroatoms. The van der Waals surface area contributed by atoms with Gasteiger partial charge in [0, 0.05) is 0 Å². The molecule has 0 radical (unpaired) electrons. The van der Waals surface area contributed by atoms with Gasteiger partial charge in [-0.25, -0.2) is 9.78 Å². The van der Waals surface area contributed by atoms with E-state index in [0.717, 1.165) is 17.5 Å². The van der Waals surface area contributed by atoms with Crippen LogP contribution in [0.4, 0.5) is 4.79 Å². The summed E-state index contributed by atoms with van der Waals surface area (Å²) < 4.78 is 5.12. The molecule has 0 aliphatic carbocycles. The normalized spacial score (nSPS) is 12.1. The number of carbonyl (C=O) groups excluding carboxylic acids is 1. The van der Waals surface area contributed by atoms with Crippen molar-refractivity contribution >= 4 is 17.1 Å². The standard InChI is InChI=1S/C15H21N3O2/c1-9(2)8-10-6-5-7-11-12(10)18-13(17-11)15(3,4)20-14(16)19/h5-7,9H,8H2,1-4H3,(H2,16,19)(H,17,18).